The molecule has 1 saturated heterocycles. The van der Waals surface area contributed by atoms with Gasteiger partial charge in [0, 0.05) is 17.4 Å². The Morgan fingerprint density at radius 3 is 2.46 bits per heavy atom. The normalized spacial score (nSPS) is 36.7. The maximum Gasteiger partial charge on any atom is 0.226 e. The third kappa shape index (κ3) is 2.34. The molecular formula is C22H28N2O2. The quantitative estimate of drug-likeness (QED) is 0.833. The molecule has 1 saturated carbocycles. The summed E-state index contributed by atoms with van der Waals surface area (Å²) in [6.45, 7) is 7.40. The van der Waals surface area contributed by atoms with Crippen LogP contribution in [0.1, 0.15) is 69.9 Å². The van der Waals surface area contributed by atoms with Crippen LogP contribution in [0.4, 0.5) is 0 Å². The predicted molar refractivity (Wildman–Crippen MR) is 101 cm³/mol. The van der Waals surface area contributed by atoms with E-state index in [1.54, 1.807) is 0 Å². The molecule has 4 nitrogen and oxygen atoms in total. The number of oxazole rings is 1. The molecule has 2 heterocycles. The van der Waals surface area contributed by atoms with Gasteiger partial charge in [0.2, 0.25) is 11.8 Å². The summed E-state index contributed by atoms with van der Waals surface area (Å²) < 4.78 is 6.32. The van der Waals surface area contributed by atoms with Gasteiger partial charge in [-0.3, -0.25) is 4.79 Å². The van der Waals surface area contributed by atoms with Crippen molar-refractivity contribution in [1.29, 1.82) is 0 Å². The number of carbonyl (C=O) groups is 1. The van der Waals surface area contributed by atoms with Crippen LogP contribution in [0, 0.1) is 10.8 Å². The first-order valence-corrected chi connectivity index (χ1v) is 10.00. The van der Waals surface area contributed by atoms with E-state index in [-0.39, 0.29) is 22.2 Å². The van der Waals surface area contributed by atoms with E-state index in [1.807, 2.05) is 0 Å². The Morgan fingerprint density at radius 2 is 1.69 bits per heavy atom. The zero-order valence-electron chi connectivity index (χ0n) is 16.1. The fourth-order valence-corrected chi connectivity index (χ4v) is 6.29. The van der Waals surface area contributed by atoms with Crippen molar-refractivity contribution in [1.82, 2.24) is 10.3 Å². The molecule has 2 aromatic rings. The van der Waals surface area contributed by atoms with Crippen molar-refractivity contribution in [2.24, 2.45) is 10.8 Å². The second-order valence-electron chi connectivity index (χ2n) is 9.96. The molecule has 1 aromatic carbocycles. The fourth-order valence-electron chi connectivity index (χ4n) is 6.29. The molecule has 3 atom stereocenters. The number of carbonyl (C=O) groups excluding carboxylic acids is 1. The molecule has 26 heavy (non-hydrogen) atoms. The smallest absolute Gasteiger partial charge is 0.226 e. The maximum atomic E-state index is 12.6. The average Bonchev–Trinajstić information content (AvgIpc) is 2.99. The first-order chi connectivity index (χ1) is 12.3. The first kappa shape index (κ1) is 16.3. The molecule has 1 aromatic heterocycles. The van der Waals surface area contributed by atoms with Gasteiger partial charge in [0.15, 0.2) is 5.58 Å². The fraction of sp³-hybridized carbons (Fsp3) is 0.636. The summed E-state index contributed by atoms with van der Waals surface area (Å²) in [4.78, 5) is 17.5. The summed E-state index contributed by atoms with van der Waals surface area (Å²) in [5, 5.41) is 3.13. The molecule has 4 heteroatoms. The largest absolute Gasteiger partial charge is 0.440 e. The van der Waals surface area contributed by atoms with Crippen molar-refractivity contribution in [3.63, 3.8) is 0 Å². The third-order valence-electron chi connectivity index (χ3n) is 7.01. The first-order valence-electron chi connectivity index (χ1n) is 10.00. The number of nitrogens with one attached hydrogen (secondary N) is 1. The van der Waals surface area contributed by atoms with Crippen molar-refractivity contribution >= 4 is 17.0 Å². The van der Waals surface area contributed by atoms with Crippen molar-refractivity contribution < 1.29 is 9.21 Å². The number of piperidine rings is 1. The number of fused-ring (bicyclic) bond motifs is 4. The summed E-state index contributed by atoms with van der Waals surface area (Å²) in [6, 6.07) is 4.45. The maximum absolute atomic E-state index is 12.6. The van der Waals surface area contributed by atoms with Gasteiger partial charge in [0.1, 0.15) is 5.52 Å². The van der Waals surface area contributed by atoms with E-state index in [0.29, 0.717) is 0 Å². The van der Waals surface area contributed by atoms with Crippen molar-refractivity contribution in [2.75, 3.05) is 6.54 Å². The highest BCUT2D eigenvalue weighted by molar-refractivity contribution is 5.84. The van der Waals surface area contributed by atoms with E-state index >= 15 is 0 Å². The highest BCUT2D eigenvalue weighted by Gasteiger charge is 2.57. The van der Waals surface area contributed by atoms with Gasteiger partial charge in [0.25, 0.3) is 0 Å². The Hall–Kier alpha value is -1.84. The van der Waals surface area contributed by atoms with Crippen LogP contribution in [0.25, 0.3) is 11.1 Å². The second-order valence-corrected chi connectivity index (χ2v) is 9.96. The number of nitrogens with zero attached hydrogens (tertiary/aromatic N) is 1. The summed E-state index contributed by atoms with van der Waals surface area (Å²) in [7, 11) is 0. The lowest BCUT2D eigenvalue weighted by Gasteiger charge is -2.54. The van der Waals surface area contributed by atoms with Gasteiger partial charge in [-0.1, -0.05) is 20.8 Å². The van der Waals surface area contributed by atoms with Gasteiger partial charge in [0.05, 0.1) is 0 Å². The van der Waals surface area contributed by atoms with Crippen LogP contribution < -0.4 is 5.32 Å². The van der Waals surface area contributed by atoms with Gasteiger partial charge in [-0.25, -0.2) is 4.98 Å². The van der Waals surface area contributed by atoms with E-state index < -0.39 is 0 Å². The van der Waals surface area contributed by atoms with Crippen LogP contribution in [0.5, 0.6) is 0 Å². The minimum Gasteiger partial charge on any atom is -0.440 e. The van der Waals surface area contributed by atoms with Crippen LogP contribution in [-0.2, 0) is 23.1 Å². The molecule has 1 aliphatic heterocycles. The zero-order valence-corrected chi connectivity index (χ0v) is 16.1. The lowest BCUT2D eigenvalue weighted by atomic mass is 9.52. The SMILES string of the molecule is CC12C[C@](C)(CNC1=O)C[C@](C)(c1nc3cc4c(cc3o1)CCCC4)C2. The number of hydrogen-bond donors (Lipinski definition) is 1. The Morgan fingerprint density at radius 1 is 1.00 bits per heavy atom. The summed E-state index contributed by atoms with van der Waals surface area (Å²) in [6.07, 6.45) is 7.60. The number of rotatable bonds is 1. The Labute approximate surface area is 154 Å². The van der Waals surface area contributed by atoms with Crippen molar-refractivity contribution in [2.45, 2.75) is 71.1 Å². The van der Waals surface area contributed by atoms with Gasteiger partial charge in [-0.05, 0) is 73.6 Å². The van der Waals surface area contributed by atoms with Crippen LogP contribution in [-0.4, -0.2) is 17.4 Å². The van der Waals surface area contributed by atoms with E-state index in [9.17, 15) is 4.79 Å². The molecule has 1 N–H and O–H groups in total. The highest BCUT2D eigenvalue weighted by Crippen LogP contribution is 2.56. The Kier molecular flexibility index (Phi) is 3.21. The predicted octanol–water partition coefficient (Wildman–Crippen LogP) is 4.29. The molecule has 2 bridgehead atoms. The Balaban J connectivity index is 1.59. The van der Waals surface area contributed by atoms with E-state index in [0.717, 1.165) is 55.6 Å². The molecular weight excluding hydrogens is 324 g/mol. The van der Waals surface area contributed by atoms with Crippen molar-refractivity contribution in [3.8, 4) is 0 Å². The number of amides is 1. The van der Waals surface area contributed by atoms with Crippen LogP contribution in [0.3, 0.4) is 0 Å². The lowest BCUT2D eigenvalue weighted by molar-refractivity contribution is -0.143. The van der Waals surface area contributed by atoms with Crippen molar-refractivity contribution in [3.05, 3.63) is 29.2 Å². The minimum atomic E-state index is -0.333. The summed E-state index contributed by atoms with van der Waals surface area (Å²) in [5.74, 6) is 1.01. The molecule has 0 radical (unpaired) electrons. The monoisotopic (exact) mass is 352 g/mol. The highest BCUT2D eigenvalue weighted by atomic mass is 16.3. The van der Waals surface area contributed by atoms with Crippen LogP contribution >= 0.6 is 0 Å². The van der Waals surface area contributed by atoms with Crippen LogP contribution in [0.15, 0.2) is 16.5 Å². The number of aromatic nitrogens is 1. The lowest BCUT2D eigenvalue weighted by Crippen LogP contribution is -2.59. The molecule has 2 aliphatic carbocycles. The summed E-state index contributed by atoms with van der Waals surface area (Å²) in [5.41, 5.74) is 4.34. The Bertz CT molecular complexity index is 873. The van der Waals surface area contributed by atoms with E-state index in [1.165, 1.54) is 24.0 Å². The summed E-state index contributed by atoms with van der Waals surface area (Å²) >= 11 is 0. The molecule has 5 rings (SSSR count). The molecule has 1 unspecified atom stereocenters. The molecule has 3 aliphatic rings. The standard InChI is InChI=1S/C22H28N2O2/c1-20-10-21(2,18(25)23-13-20)12-22(3,11-20)19-24-16-8-14-6-4-5-7-15(14)9-17(16)26-19/h8-9H,4-7,10-13H2,1-3H3,(H,23,25)/t20-,21?,22-/m0/s1. The van der Waals surface area contributed by atoms with Crippen LogP contribution in [0.2, 0.25) is 0 Å². The third-order valence-corrected chi connectivity index (χ3v) is 7.01. The van der Waals surface area contributed by atoms with E-state index in [2.05, 4.69) is 38.2 Å². The van der Waals surface area contributed by atoms with Gasteiger partial charge < -0.3 is 9.73 Å². The van der Waals surface area contributed by atoms with Gasteiger partial charge in [-0.15, -0.1) is 0 Å². The topological polar surface area (TPSA) is 55.1 Å². The molecule has 138 valence electrons. The number of hydrogen-bond acceptors (Lipinski definition) is 3. The number of benzene rings is 1. The molecule has 0 spiro atoms. The molecule has 2 fully saturated rings. The zero-order chi connectivity index (χ0) is 18.2. The minimum absolute atomic E-state index is 0.107. The van der Waals surface area contributed by atoms with E-state index in [4.69, 9.17) is 9.40 Å². The van der Waals surface area contributed by atoms with Gasteiger partial charge >= 0.3 is 0 Å². The average molecular weight is 352 g/mol. The second kappa shape index (κ2) is 5.11. The van der Waals surface area contributed by atoms with Gasteiger partial charge in [-0.2, -0.15) is 0 Å². The molecule has 1 amide bonds. The number of aryl methyl sites for hydroxylation is 2.